The largest absolute Gasteiger partial charge is 0.468 e. The fourth-order valence-electron chi connectivity index (χ4n) is 3.24. The molecule has 0 saturated heterocycles. The molecule has 1 aliphatic carbocycles. The molecule has 2 aliphatic rings. The van der Waals surface area contributed by atoms with Gasteiger partial charge in [-0.1, -0.05) is 20.8 Å². The van der Waals surface area contributed by atoms with Gasteiger partial charge in [-0.2, -0.15) is 0 Å². The highest BCUT2D eigenvalue weighted by Crippen LogP contribution is 2.47. The number of hydrogen-bond donors (Lipinski definition) is 2. The molecule has 3 rings (SSSR count). The Kier molecular flexibility index (Phi) is 3.07. The maximum atomic E-state index is 9.97. The van der Waals surface area contributed by atoms with Crippen molar-refractivity contribution in [3.8, 4) is 5.88 Å². The molecule has 4 heteroatoms. The summed E-state index contributed by atoms with van der Waals surface area (Å²) in [6, 6.07) is 2.03. The van der Waals surface area contributed by atoms with Crippen molar-refractivity contribution in [2.75, 3.05) is 0 Å². The molecule has 0 unspecified atom stereocenters. The van der Waals surface area contributed by atoms with Gasteiger partial charge in [0.15, 0.2) is 0 Å². The molecule has 1 spiro atoms. The maximum Gasteiger partial charge on any atom is 0.218 e. The normalized spacial score (nSPS) is 32.5. The van der Waals surface area contributed by atoms with Gasteiger partial charge in [0.1, 0.15) is 5.60 Å². The third-order valence-electron chi connectivity index (χ3n) is 4.38. The minimum absolute atomic E-state index is 0.0962. The highest BCUT2D eigenvalue weighted by molar-refractivity contribution is 5.37. The monoisotopic (exact) mass is 276 g/mol. The Morgan fingerprint density at radius 1 is 1.50 bits per heavy atom. The van der Waals surface area contributed by atoms with Gasteiger partial charge >= 0.3 is 0 Å². The Labute approximate surface area is 120 Å². The highest BCUT2D eigenvalue weighted by Gasteiger charge is 2.52. The number of pyridine rings is 1. The van der Waals surface area contributed by atoms with Crippen LogP contribution in [0.3, 0.4) is 0 Å². The first-order valence-corrected chi connectivity index (χ1v) is 7.41. The summed E-state index contributed by atoms with van der Waals surface area (Å²) in [7, 11) is 0. The molecular formula is C16H24N2O2. The van der Waals surface area contributed by atoms with E-state index in [0.717, 1.165) is 24.8 Å². The van der Waals surface area contributed by atoms with Crippen molar-refractivity contribution in [1.29, 1.82) is 0 Å². The molecule has 0 radical (unpaired) electrons. The van der Waals surface area contributed by atoms with Crippen molar-refractivity contribution in [3.63, 3.8) is 0 Å². The second-order valence-corrected chi connectivity index (χ2v) is 7.51. The van der Waals surface area contributed by atoms with E-state index in [1.165, 1.54) is 5.56 Å². The zero-order valence-corrected chi connectivity index (χ0v) is 12.5. The van der Waals surface area contributed by atoms with E-state index in [2.05, 4.69) is 31.8 Å². The van der Waals surface area contributed by atoms with E-state index in [-0.39, 0.29) is 11.5 Å². The standard InChI is InChI=1S/C16H24N2O2/c1-15(2,3)7-10-6-11-12(17)8-16(5-4-13(16)19)20-14(11)18-9-10/h6,9,12-13,19H,4-5,7-8,17H2,1-3H3/t12-,13+,16+/m0/s1. The average Bonchev–Trinajstić information content (AvgIpc) is 2.35. The Morgan fingerprint density at radius 3 is 2.80 bits per heavy atom. The van der Waals surface area contributed by atoms with Crippen LogP contribution >= 0.6 is 0 Å². The third-order valence-corrected chi connectivity index (χ3v) is 4.38. The van der Waals surface area contributed by atoms with Crippen molar-refractivity contribution in [2.45, 2.75) is 64.2 Å². The average molecular weight is 276 g/mol. The molecule has 2 heterocycles. The van der Waals surface area contributed by atoms with Crippen LogP contribution in [0.15, 0.2) is 12.3 Å². The molecule has 4 nitrogen and oxygen atoms in total. The Balaban J connectivity index is 1.88. The van der Waals surface area contributed by atoms with E-state index in [4.69, 9.17) is 10.5 Å². The van der Waals surface area contributed by atoms with Crippen LogP contribution in [0.5, 0.6) is 5.88 Å². The number of rotatable bonds is 1. The van der Waals surface area contributed by atoms with E-state index in [0.29, 0.717) is 12.3 Å². The molecule has 1 aromatic rings. The summed E-state index contributed by atoms with van der Waals surface area (Å²) in [6.45, 7) is 6.63. The van der Waals surface area contributed by atoms with Gasteiger partial charge in [0.2, 0.25) is 5.88 Å². The summed E-state index contributed by atoms with van der Waals surface area (Å²) in [5.41, 5.74) is 8.21. The lowest BCUT2D eigenvalue weighted by Gasteiger charge is -2.50. The minimum atomic E-state index is -0.481. The van der Waals surface area contributed by atoms with Crippen LogP contribution in [-0.2, 0) is 6.42 Å². The fourth-order valence-corrected chi connectivity index (χ4v) is 3.24. The van der Waals surface area contributed by atoms with Gasteiger partial charge in [-0.15, -0.1) is 0 Å². The summed E-state index contributed by atoms with van der Waals surface area (Å²) < 4.78 is 5.98. The molecule has 0 bridgehead atoms. The predicted molar refractivity (Wildman–Crippen MR) is 77.5 cm³/mol. The van der Waals surface area contributed by atoms with E-state index in [1.807, 2.05) is 6.20 Å². The first-order chi connectivity index (χ1) is 9.29. The van der Waals surface area contributed by atoms with Crippen LogP contribution in [-0.4, -0.2) is 21.8 Å². The second kappa shape index (κ2) is 4.43. The molecule has 0 amide bonds. The smallest absolute Gasteiger partial charge is 0.218 e. The Morgan fingerprint density at radius 2 is 2.25 bits per heavy atom. The Bertz CT molecular complexity index is 524. The highest BCUT2D eigenvalue weighted by atomic mass is 16.5. The van der Waals surface area contributed by atoms with Crippen LogP contribution in [0, 0.1) is 5.41 Å². The molecular weight excluding hydrogens is 252 g/mol. The predicted octanol–water partition coefficient (Wildman–Crippen LogP) is 2.35. The van der Waals surface area contributed by atoms with E-state index in [9.17, 15) is 5.11 Å². The zero-order valence-electron chi connectivity index (χ0n) is 12.5. The lowest BCUT2D eigenvalue weighted by atomic mass is 9.71. The van der Waals surface area contributed by atoms with Gasteiger partial charge in [-0.3, -0.25) is 0 Å². The van der Waals surface area contributed by atoms with E-state index < -0.39 is 11.7 Å². The molecule has 20 heavy (non-hydrogen) atoms. The molecule has 1 aliphatic heterocycles. The fraction of sp³-hybridized carbons (Fsp3) is 0.688. The molecule has 3 N–H and O–H groups in total. The minimum Gasteiger partial charge on any atom is -0.468 e. The lowest BCUT2D eigenvalue weighted by Crippen LogP contribution is -2.59. The quantitative estimate of drug-likeness (QED) is 0.826. The first-order valence-electron chi connectivity index (χ1n) is 7.41. The summed E-state index contributed by atoms with van der Waals surface area (Å²) >= 11 is 0. The number of aromatic nitrogens is 1. The number of aliphatic hydroxyl groups excluding tert-OH is 1. The van der Waals surface area contributed by atoms with Crippen LogP contribution in [0.4, 0.5) is 0 Å². The maximum absolute atomic E-state index is 9.97. The summed E-state index contributed by atoms with van der Waals surface area (Å²) in [4.78, 5) is 4.45. The van der Waals surface area contributed by atoms with Crippen molar-refractivity contribution < 1.29 is 9.84 Å². The molecule has 3 atom stereocenters. The number of nitrogens with zero attached hydrogens (tertiary/aromatic N) is 1. The van der Waals surface area contributed by atoms with Crippen molar-refractivity contribution >= 4 is 0 Å². The summed E-state index contributed by atoms with van der Waals surface area (Å²) in [5, 5.41) is 9.97. The van der Waals surface area contributed by atoms with E-state index >= 15 is 0 Å². The van der Waals surface area contributed by atoms with Gasteiger partial charge in [-0.25, -0.2) is 4.98 Å². The van der Waals surface area contributed by atoms with Gasteiger partial charge in [0, 0.05) is 24.2 Å². The topological polar surface area (TPSA) is 68.4 Å². The van der Waals surface area contributed by atoms with Crippen LogP contribution in [0.25, 0.3) is 0 Å². The number of ether oxygens (including phenoxy) is 1. The molecule has 1 aromatic heterocycles. The number of fused-ring (bicyclic) bond motifs is 1. The van der Waals surface area contributed by atoms with E-state index in [1.54, 1.807) is 0 Å². The van der Waals surface area contributed by atoms with Gasteiger partial charge in [0.05, 0.1) is 6.10 Å². The molecule has 1 fully saturated rings. The third kappa shape index (κ3) is 2.31. The molecule has 0 aromatic carbocycles. The van der Waals surface area contributed by atoms with Crippen molar-refractivity contribution in [2.24, 2.45) is 11.1 Å². The second-order valence-electron chi connectivity index (χ2n) is 7.51. The molecule has 1 saturated carbocycles. The lowest BCUT2D eigenvalue weighted by molar-refractivity contribution is -0.142. The van der Waals surface area contributed by atoms with Gasteiger partial charge in [-0.05, 0) is 36.3 Å². The zero-order chi connectivity index (χ0) is 14.5. The van der Waals surface area contributed by atoms with Crippen molar-refractivity contribution in [3.05, 3.63) is 23.4 Å². The number of nitrogens with two attached hydrogens (primary N) is 1. The van der Waals surface area contributed by atoms with Crippen molar-refractivity contribution in [1.82, 2.24) is 4.98 Å². The molecule has 110 valence electrons. The van der Waals surface area contributed by atoms with Crippen LogP contribution < -0.4 is 10.5 Å². The number of hydrogen-bond acceptors (Lipinski definition) is 4. The van der Waals surface area contributed by atoms with Crippen LogP contribution in [0.1, 0.15) is 57.2 Å². The van der Waals surface area contributed by atoms with Gasteiger partial charge in [0.25, 0.3) is 0 Å². The van der Waals surface area contributed by atoms with Crippen LogP contribution in [0.2, 0.25) is 0 Å². The van der Waals surface area contributed by atoms with Gasteiger partial charge < -0.3 is 15.6 Å². The Hall–Kier alpha value is -1.13. The first kappa shape index (κ1) is 13.8. The summed E-state index contributed by atoms with van der Waals surface area (Å²) in [6.07, 6.45) is 4.78. The summed E-state index contributed by atoms with van der Waals surface area (Å²) in [5.74, 6) is 0.611. The SMILES string of the molecule is CC(C)(C)Cc1cnc2c(c1)[C@@H](N)C[C@@]1(CC[C@H]1O)O2. The number of aliphatic hydroxyl groups is 1.